The van der Waals surface area contributed by atoms with Crippen molar-refractivity contribution in [3.05, 3.63) is 12.7 Å². The van der Waals surface area contributed by atoms with E-state index >= 15 is 0 Å². The third-order valence-corrected chi connectivity index (χ3v) is 1.49. The van der Waals surface area contributed by atoms with Gasteiger partial charge in [-0.15, -0.1) is 0 Å². The first kappa shape index (κ1) is 10.1. The van der Waals surface area contributed by atoms with Crippen LogP contribution in [0.5, 0.6) is 0 Å². The molecule has 0 spiro atoms. The molecule has 11 heavy (non-hydrogen) atoms. The minimum Gasteiger partial charge on any atom is -0.394 e. The molecule has 64 valence electrons. The molecule has 0 aliphatic carbocycles. The first-order chi connectivity index (χ1) is 5.17. The molecule has 0 saturated carbocycles. The van der Waals surface area contributed by atoms with Crippen molar-refractivity contribution in [2.75, 3.05) is 20.3 Å². The lowest BCUT2D eigenvalue weighted by Gasteiger charge is -2.23. The van der Waals surface area contributed by atoms with Crippen LogP contribution >= 0.6 is 0 Å². The number of hydrogen-bond acceptors (Lipinski definition) is 3. The number of aliphatic hydroxyl groups is 2. The molecule has 1 amide bonds. The lowest BCUT2D eigenvalue weighted by atomic mass is 10.3. The molecule has 0 aliphatic rings. The molecule has 0 aromatic rings. The van der Waals surface area contributed by atoms with Gasteiger partial charge in [0.2, 0.25) is 5.91 Å². The van der Waals surface area contributed by atoms with Gasteiger partial charge in [0, 0.05) is 7.05 Å². The summed E-state index contributed by atoms with van der Waals surface area (Å²) >= 11 is 0. The number of likely N-dealkylation sites (N-methyl/N-ethyl adjacent to an activating group) is 1. The molecule has 0 rings (SSSR count). The third kappa shape index (κ3) is 2.69. The molecule has 0 unspecified atom stereocenters. The zero-order valence-electron chi connectivity index (χ0n) is 6.53. The zero-order valence-corrected chi connectivity index (χ0v) is 6.53. The average molecular weight is 159 g/mol. The second kappa shape index (κ2) is 4.87. The SMILES string of the molecule is C=CC(=O)N(C)C(CO)CO. The molecule has 0 saturated heterocycles. The highest BCUT2D eigenvalue weighted by Gasteiger charge is 2.15. The zero-order chi connectivity index (χ0) is 8.85. The summed E-state index contributed by atoms with van der Waals surface area (Å²) in [7, 11) is 1.50. The fourth-order valence-corrected chi connectivity index (χ4v) is 0.627. The van der Waals surface area contributed by atoms with Gasteiger partial charge < -0.3 is 15.1 Å². The topological polar surface area (TPSA) is 60.8 Å². The van der Waals surface area contributed by atoms with Gasteiger partial charge in [-0.05, 0) is 6.08 Å². The molecule has 2 N–H and O–H groups in total. The highest BCUT2D eigenvalue weighted by molar-refractivity contribution is 5.87. The monoisotopic (exact) mass is 159 g/mol. The van der Waals surface area contributed by atoms with Crippen LogP contribution in [-0.4, -0.2) is 47.3 Å². The summed E-state index contributed by atoms with van der Waals surface area (Å²) in [6.07, 6.45) is 1.14. The summed E-state index contributed by atoms with van der Waals surface area (Å²) in [5.41, 5.74) is 0. The van der Waals surface area contributed by atoms with Gasteiger partial charge in [-0.3, -0.25) is 4.79 Å². The van der Waals surface area contributed by atoms with E-state index in [2.05, 4.69) is 6.58 Å². The number of aliphatic hydroxyl groups excluding tert-OH is 2. The van der Waals surface area contributed by atoms with Crippen LogP contribution in [0.1, 0.15) is 0 Å². The van der Waals surface area contributed by atoms with Crippen LogP contribution in [-0.2, 0) is 4.79 Å². The molecule has 0 aromatic carbocycles. The van der Waals surface area contributed by atoms with Crippen molar-refractivity contribution >= 4 is 5.91 Å². The Bertz CT molecular complexity index is 143. The number of carbonyl (C=O) groups is 1. The Kier molecular flexibility index (Phi) is 4.49. The average Bonchev–Trinajstić information content (AvgIpc) is 2.05. The van der Waals surface area contributed by atoms with Gasteiger partial charge in [0.05, 0.1) is 19.3 Å². The molecule has 0 aliphatic heterocycles. The predicted molar refractivity (Wildman–Crippen MR) is 40.9 cm³/mol. The fourth-order valence-electron chi connectivity index (χ4n) is 0.627. The summed E-state index contributed by atoms with van der Waals surface area (Å²) in [5.74, 6) is -0.307. The van der Waals surface area contributed by atoms with E-state index in [1.807, 2.05) is 0 Å². The summed E-state index contributed by atoms with van der Waals surface area (Å²) < 4.78 is 0. The summed E-state index contributed by atoms with van der Waals surface area (Å²) in [6.45, 7) is 2.79. The summed E-state index contributed by atoms with van der Waals surface area (Å²) in [6, 6.07) is -0.527. The van der Waals surface area contributed by atoms with E-state index < -0.39 is 6.04 Å². The van der Waals surface area contributed by atoms with E-state index in [9.17, 15) is 4.79 Å². The first-order valence-electron chi connectivity index (χ1n) is 3.28. The quantitative estimate of drug-likeness (QED) is 0.516. The van der Waals surface area contributed by atoms with Crippen molar-refractivity contribution in [2.45, 2.75) is 6.04 Å². The van der Waals surface area contributed by atoms with Gasteiger partial charge in [0.1, 0.15) is 0 Å². The van der Waals surface area contributed by atoms with Crippen molar-refractivity contribution in [1.82, 2.24) is 4.90 Å². The van der Waals surface area contributed by atoms with Gasteiger partial charge >= 0.3 is 0 Å². The highest BCUT2D eigenvalue weighted by Crippen LogP contribution is 1.95. The number of rotatable bonds is 4. The molecular weight excluding hydrogens is 146 g/mol. The molecule has 0 radical (unpaired) electrons. The Labute approximate surface area is 65.7 Å². The van der Waals surface area contributed by atoms with Crippen LogP contribution in [0, 0.1) is 0 Å². The number of hydrogen-bond donors (Lipinski definition) is 2. The summed E-state index contributed by atoms with van der Waals surface area (Å²) in [4.78, 5) is 12.1. The third-order valence-electron chi connectivity index (χ3n) is 1.49. The highest BCUT2D eigenvalue weighted by atomic mass is 16.3. The fraction of sp³-hybridized carbons (Fsp3) is 0.571. The molecule has 0 heterocycles. The van der Waals surface area contributed by atoms with Gasteiger partial charge in [-0.25, -0.2) is 0 Å². The van der Waals surface area contributed by atoms with E-state index in [-0.39, 0.29) is 19.1 Å². The van der Waals surface area contributed by atoms with E-state index in [4.69, 9.17) is 10.2 Å². The Morgan fingerprint density at radius 1 is 1.64 bits per heavy atom. The lowest BCUT2D eigenvalue weighted by molar-refractivity contribution is -0.128. The van der Waals surface area contributed by atoms with E-state index in [0.29, 0.717) is 0 Å². The lowest BCUT2D eigenvalue weighted by Crippen LogP contribution is -2.40. The molecule has 0 bridgehead atoms. The van der Waals surface area contributed by atoms with Gasteiger partial charge in [-0.1, -0.05) is 6.58 Å². The van der Waals surface area contributed by atoms with Crippen molar-refractivity contribution in [1.29, 1.82) is 0 Å². The van der Waals surface area contributed by atoms with Crippen molar-refractivity contribution in [2.24, 2.45) is 0 Å². The Morgan fingerprint density at radius 2 is 2.09 bits per heavy atom. The number of carbonyl (C=O) groups excluding carboxylic acids is 1. The molecule has 0 atom stereocenters. The molecular formula is C7H13NO3. The normalized spacial score (nSPS) is 9.82. The molecule has 4 nitrogen and oxygen atoms in total. The summed E-state index contributed by atoms with van der Waals surface area (Å²) in [5, 5.41) is 17.3. The second-order valence-electron chi connectivity index (χ2n) is 2.17. The smallest absolute Gasteiger partial charge is 0.246 e. The maximum Gasteiger partial charge on any atom is 0.246 e. The standard InChI is InChI=1S/C7H13NO3/c1-3-7(11)8(2)6(4-9)5-10/h3,6,9-10H,1,4-5H2,2H3. The Balaban J connectivity index is 4.07. The Morgan fingerprint density at radius 3 is 2.36 bits per heavy atom. The van der Waals surface area contributed by atoms with Crippen LogP contribution in [0.4, 0.5) is 0 Å². The van der Waals surface area contributed by atoms with E-state index in [1.54, 1.807) is 0 Å². The van der Waals surface area contributed by atoms with Crippen LogP contribution in [0.15, 0.2) is 12.7 Å². The maximum atomic E-state index is 10.9. The van der Waals surface area contributed by atoms with Crippen LogP contribution in [0.25, 0.3) is 0 Å². The van der Waals surface area contributed by atoms with E-state index in [1.165, 1.54) is 11.9 Å². The van der Waals surface area contributed by atoms with Gasteiger partial charge in [-0.2, -0.15) is 0 Å². The van der Waals surface area contributed by atoms with Crippen LogP contribution in [0.2, 0.25) is 0 Å². The Hall–Kier alpha value is -0.870. The molecule has 0 fully saturated rings. The van der Waals surface area contributed by atoms with Crippen LogP contribution < -0.4 is 0 Å². The minimum absolute atomic E-state index is 0.243. The van der Waals surface area contributed by atoms with Crippen molar-refractivity contribution in [3.63, 3.8) is 0 Å². The first-order valence-corrected chi connectivity index (χ1v) is 3.28. The molecule has 0 aromatic heterocycles. The van der Waals surface area contributed by atoms with Gasteiger partial charge in [0.25, 0.3) is 0 Å². The number of amides is 1. The van der Waals surface area contributed by atoms with Gasteiger partial charge in [0.15, 0.2) is 0 Å². The number of nitrogens with zero attached hydrogens (tertiary/aromatic N) is 1. The van der Waals surface area contributed by atoms with Crippen molar-refractivity contribution in [3.8, 4) is 0 Å². The minimum atomic E-state index is -0.527. The van der Waals surface area contributed by atoms with E-state index in [0.717, 1.165) is 6.08 Å². The molecule has 4 heteroatoms. The maximum absolute atomic E-state index is 10.9. The van der Waals surface area contributed by atoms with Crippen molar-refractivity contribution < 1.29 is 15.0 Å². The second-order valence-corrected chi connectivity index (χ2v) is 2.17. The van der Waals surface area contributed by atoms with Crippen LogP contribution in [0.3, 0.4) is 0 Å². The largest absolute Gasteiger partial charge is 0.394 e. The predicted octanol–water partition coefficient (Wildman–Crippen LogP) is -1.02.